The summed E-state index contributed by atoms with van der Waals surface area (Å²) >= 11 is 0. The van der Waals surface area contributed by atoms with Crippen LogP contribution >= 0.6 is 0 Å². The third-order valence-electron chi connectivity index (χ3n) is 2.84. The van der Waals surface area contributed by atoms with Crippen LogP contribution < -0.4 is 4.72 Å². The smallest absolute Gasteiger partial charge is 0.410 e. The van der Waals surface area contributed by atoms with Crippen LogP contribution in [0.15, 0.2) is 0 Å². The predicted molar refractivity (Wildman–Crippen MR) is 63.2 cm³/mol. The number of nitrogens with one attached hydrogen (secondary N) is 1. The van der Waals surface area contributed by atoms with Crippen molar-refractivity contribution in [1.29, 1.82) is 0 Å². The van der Waals surface area contributed by atoms with Crippen molar-refractivity contribution in [2.45, 2.75) is 38.3 Å². The number of nitrogens with zero attached hydrogens (tertiary/aromatic N) is 1. The average Bonchev–Trinajstić information content (AvgIpc) is 2.69. The van der Waals surface area contributed by atoms with Crippen molar-refractivity contribution in [3.8, 4) is 0 Å². The Labute approximate surface area is 107 Å². The fraction of sp³-hybridized carbons (Fsp3) is 0.900. The fourth-order valence-corrected chi connectivity index (χ4v) is 3.27. The molecule has 2 fully saturated rings. The highest BCUT2D eigenvalue weighted by Gasteiger charge is 2.49. The molecule has 7 nitrogen and oxygen atoms in total. The molecule has 1 amide bonds. The Bertz CT molecular complexity index is 455. The number of hydrogen-bond donors (Lipinski definition) is 1. The summed E-state index contributed by atoms with van der Waals surface area (Å²) in [5.41, 5.74) is -1.24. The molecule has 1 atom stereocenters. The third kappa shape index (κ3) is 2.93. The first-order valence-electron chi connectivity index (χ1n) is 5.77. The summed E-state index contributed by atoms with van der Waals surface area (Å²) in [5.74, 6) is 0. The molecule has 18 heavy (non-hydrogen) atoms. The fourth-order valence-electron chi connectivity index (χ4n) is 2.07. The first-order chi connectivity index (χ1) is 8.11. The molecule has 0 aromatic heterocycles. The van der Waals surface area contributed by atoms with Crippen molar-refractivity contribution in [2.75, 3.05) is 19.7 Å². The lowest BCUT2D eigenvalue weighted by atomic mass is 10.0. The largest absolute Gasteiger partial charge is 0.444 e. The number of likely N-dealkylation sites (tertiary alicyclic amines) is 1. The highest BCUT2D eigenvalue weighted by molar-refractivity contribution is 7.85. The lowest BCUT2D eigenvalue weighted by Gasteiger charge is -2.25. The van der Waals surface area contributed by atoms with Gasteiger partial charge in [-0.15, -0.1) is 0 Å². The molecule has 2 saturated heterocycles. The lowest BCUT2D eigenvalue weighted by Crippen LogP contribution is -2.47. The van der Waals surface area contributed by atoms with Crippen LogP contribution in [-0.4, -0.2) is 50.2 Å². The van der Waals surface area contributed by atoms with Gasteiger partial charge in [0.1, 0.15) is 5.60 Å². The Morgan fingerprint density at radius 2 is 2.11 bits per heavy atom. The van der Waals surface area contributed by atoms with Gasteiger partial charge in [-0.05, 0) is 27.2 Å². The maximum absolute atomic E-state index is 11.8. The molecule has 0 bridgehead atoms. The van der Waals surface area contributed by atoms with Gasteiger partial charge >= 0.3 is 16.4 Å². The molecule has 2 aliphatic heterocycles. The number of hydrogen-bond acceptors (Lipinski definition) is 5. The maximum atomic E-state index is 11.8. The molecular formula is C10H18N2O5S. The Morgan fingerprint density at radius 1 is 1.44 bits per heavy atom. The molecule has 0 unspecified atom stereocenters. The summed E-state index contributed by atoms with van der Waals surface area (Å²) in [6.45, 7) is 6.17. The van der Waals surface area contributed by atoms with Gasteiger partial charge in [-0.3, -0.25) is 4.18 Å². The lowest BCUT2D eigenvalue weighted by molar-refractivity contribution is 0.0281. The monoisotopic (exact) mass is 278 g/mol. The molecule has 0 aromatic carbocycles. The van der Waals surface area contributed by atoms with E-state index < -0.39 is 27.5 Å². The normalized spacial score (nSPS) is 30.9. The Balaban J connectivity index is 1.99. The molecule has 2 heterocycles. The van der Waals surface area contributed by atoms with Crippen LogP contribution in [0.3, 0.4) is 0 Å². The van der Waals surface area contributed by atoms with E-state index >= 15 is 0 Å². The van der Waals surface area contributed by atoms with E-state index in [0.717, 1.165) is 0 Å². The summed E-state index contributed by atoms with van der Waals surface area (Å²) in [7, 11) is -3.65. The summed E-state index contributed by atoms with van der Waals surface area (Å²) < 4.78 is 34.8. The van der Waals surface area contributed by atoms with Crippen molar-refractivity contribution >= 4 is 16.4 Å². The van der Waals surface area contributed by atoms with Gasteiger partial charge in [0.2, 0.25) is 0 Å². The van der Waals surface area contributed by atoms with Crippen LogP contribution in [0, 0.1) is 0 Å². The van der Waals surface area contributed by atoms with Crippen LogP contribution in [0.25, 0.3) is 0 Å². The van der Waals surface area contributed by atoms with E-state index in [1.165, 1.54) is 4.90 Å². The predicted octanol–water partition coefficient (Wildman–Crippen LogP) is 0.231. The van der Waals surface area contributed by atoms with E-state index in [9.17, 15) is 13.2 Å². The van der Waals surface area contributed by atoms with Gasteiger partial charge in [0.25, 0.3) is 0 Å². The van der Waals surface area contributed by atoms with Crippen molar-refractivity contribution in [3.63, 3.8) is 0 Å². The second-order valence-electron chi connectivity index (χ2n) is 5.75. The van der Waals surface area contributed by atoms with Gasteiger partial charge in [0.05, 0.1) is 12.1 Å². The molecule has 2 aliphatic rings. The van der Waals surface area contributed by atoms with E-state index in [4.69, 9.17) is 4.74 Å². The van der Waals surface area contributed by atoms with Gasteiger partial charge in [-0.25, -0.2) is 4.79 Å². The summed E-state index contributed by atoms with van der Waals surface area (Å²) in [6, 6.07) is 0. The second kappa shape index (κ2) is 4.07. The summed E-state index contributed by atoms with van der Waals surface area (Å²) in [6.07, 6.45) is 0.108. The first-order valence-corrected chi connectivity index (χ1v) is 7.18. The van der Waals surface area contributed by atoms with E-state index in [1.807, 2.05) is 0 Å². The molecule has 2 rings (SSSR count). The van der Waals surface area contributed by atoms with Crippen LogP contribution in [0.1, 0.15) is 27.2 Å². The van der Waals surface area contributed by atoms with E-state index in [1.54, 1.807) is 20.8 Å². The summed E-state index contributed by atoms with van der Waals surface area (Å²) in [4.78, 5) is 13.4. The third-order valence-corrected chi connectivity index (χ3v) is 3.95. The number of amides is 1. The van der Waals surface area contributed by atoms with Crippen LogP contribution in [-0.2, 0) is 19.2 Å². The minimum absolute atomic E-state index is 0.0641. The topological polar surface area (TPSA) is 84.9 Å². The van der Waals surface area contributed by atoms with E-state index in [2.05, 4.69) is 8.91 Å². The standard InChI is InChI=1S/C10H18N2O5S/c1-9(2,3)17-8(13)12-5-4-10(6-12)7-16-18(14,15)11-10/h11H,4-7H2,1-3H3/t10-/m1/s1. The van der Waals surface area contributed by atoms with Gasteiger partial charge < -0.3 is 9.64 Å². The molecule has 1 spiro atoms. The van der Waals surface area contributed by atoms with Gasteiger partial charge in [-0.1, -0.05) is 0 Å². The number of ether oxygens (including phenoxy) is 1. The molecule has 0 saturated carbocycles. The zero-order valence-corrected chi connectivity index (χ0v) is 11.5. The highest BCUT2D eigenvalue weighted by Crippen LogP contribution is 2.28. The molecule has 8 heteroatoms. The Hall–Kier alpha value is -0.860. The molecule has 1 N–H and O–H groups in total. The Kier molecular flexibility index (Phi) is 3.07. The number of rotatable bonds is 0. The van der Waals surface area contributed by atoms with Crippen molar-refractivity contribution in [3.05, 3.63) is 0 Å². The number of carbonyl (C=O) groups is 1. The van der Waals surface area contributed by atoms with Gasteiger partial charge in [0.15, 0.2) is 0 Å². The van der Waals surface area contributed by atoms with Crippen LogP contribution in [0.2, 0.25) is 0 Å². The quantitative estimate of drug-likeness (QED) is 0.685. The van der Waals surface area contributed by atoms with Crippen molar-refractivity contribution in [1.82, 2.24) is 9.62 Å². The molecular weight excluding hydrogens is 260 g/mol. The number of carbonyl (C=O) groups excluding carboxylic acids is 1. The minimum atomic E-state index is -3.65. The van der Waals surface area contributed by atoms with Gasteiger partial charge in [-0.2, -0.15) is 13.1 Å². The molecule has 0 radical (unpaired) electrons. The highest BCUT2D eigenvalue weighted by atomic mass is 32.2. The van der Waals surface area contributed by atoms with E-state index in [0.29, 0.717) is 13.0 Å². The van der Waals surface area contributed by atoms with E-state index in [-0.39, 0.29) is 13.2 Å². The minimum Gasteiger partial charge on any atom is -0.444 e. The Morgan fingerprint density at radius 3 is 2.61 bits per heavy atom. The zero-order valence-electron chi connectivity index (χ0n) is 10.7. The van der Waals surface area contributed by atoms with Gasteiger partial charge in [0, 0.05) is 13.1 Å². The molecule has 104 valence electrons. The van der Waals surface area contributed by atoms with Crippen molar-refractivity contribution in [2.24, 2.45) is 0 Å². The first kappa shape index (κ1) is 13.6. The van der Waals surface area contributed by atoms with Crippen LogP contribution in [0.5, 0.6) is 0 Å². The van der Waals surface area contributed by atoms with Crippen LogP contribution in [0.4, 0.5) is 4.79 Å². The van der Waals surface area contributed by atoms with Crippen molar-refractivity contribution < 1.29 is 22.1 Å². The summed E-state index contributed by atoms with van der Waals surface area (Å²) in [5, 5.41) is 0. The molecule has 0 aliphatic carbocycles. The molecule has 0 aromatic rings. The zero-order chi connectivity index (χ0) is 13.6. The second-order valence-corrected chi connectivity index (χ2v) is 7.10. The SMILES string of the molecule is CC(C)(C)OC(=O)N1CC[C@]2(COS(=O)(=O)N2)C1. The maximum Gasteiger partial charge on any atom is 0.410 e. The average molecular weight is 278 g/mol.